The van der Waals surface area contributed by atoms with Gasteiger partial charge in [-0.3, -0.25) is 0 Å². The van der Waals surface area contributed by atoms with Crippen molar-refractivity contribution in [2.75, 3.05) is 20.5 Å². The minimum absolute atomic E-state index is 0.438. The third kappa shape index (κ3) is 3.32. The van der Waals surface area contributed by atoms with Crippen molar-refractivity contribution < 1.29 is 17.9 Å². The van der Waals surface area contributed by atoms with Crippen molar-refractivity contribution in [3.8, 4) is 11.5 Å². The topological polar surface area (TPSA) is 68.2 Å². The molecule has 25 heavy (non-hydrogen) atoms. The molecule has 0 aromatic heterocycles. The maximum absolute atomic E-state index is 12.3. The van der Waals surface area contributed by atoms with Crippen molar-refractivity contribution >= 4 is 15.7 Å². The highest BCUT2D eigenvalue weighted by atomic mass is 32.2. The minimum Gasteiger partial charge on any atom is -0.496 e. The van der Waals surface area contributed by atoms with Gasteiger partial charge in [-0.05, 0) is 18.2 Å². The average molecular weight is 360 g/mol. The molecule has 0 amide bonds. The first-order valence-corrected chi connectivity index (χ1v) is 9.63. The van der Waals surface area contributed by atoms with Gasteiger partial charge in [0.25, 0.3) is 0 Å². The normalized spacial score (nSPS) is 17.3. The lowest BCUT2D eigenvalue weighted by molar-refractivity contribution is 0.352. The van der Waals surface area contributed by atoms with Crippen LogP contribution < -0.4 is 9.47 Å². The van der Waals surface area contributed by atoms with Gasteiger partial charge in [-0.2, -0.15) is 9.52 Å². The summed E-state index contributed by atoms with van der Waals surface area (Å²) in [5.41, 5.74) is 2.24. The number of hydrogen-bond acceptors (Lipinski definition) is 5. The van der Waals surface area contributed by atoms with Crippen molar-refractivity contribution in [2.45, 2.75) is 12.5 Å². The van der Waals surface area contributed by atoms with Gasteiger partial charge in [0, 0.05) is 17.5 Å². The molecule has 3 rings (SSSR count). The van der Waals surface area contributed by atoms with Crippen molar-refractivity contribution in [1.82, 2.24) is 4.41 Å². The molecule has 6 nitrogen and oxygen atoms in total. The Morgan fingerprint density at radius 1 is 1.00 bits per heavy atom. The van der Waals surface area contributed by atoms with E-state index in [0.29, 0.717) is 23.6 Å². The predicted octanol–water partition coefficient (Wildman–Crippen LogP) is 2.81. The molecule has 1 aliphatic heterocycles. The van der Waals surface area contributed by atoms with E-state index in [0.717, 1.165) is 21.8 Å². The van der Waals surface area contributed by atoms with Crippen molar-refractivity contribution in [1.29, 1.82) is 0 Å². The highest BCUT2D eigenvalue weighted by Crippen LogP contribution is 2.39. The van der Waals surface area contributed by atoms with E-state index in [1.807, 2.05) is 48.5 Å². The van der Waals surface area contributed by atoms with Gasteiger partial charge in [-0.15, -0.1) is 0 Å². The molecule has 1 aliphatic rings. The average Bonchev–Trinajstić information content (AvgIpc) is 3.07. The predicted molar refractivity (Wildman–Crippen MR) is 96.6 cm³/mol. The molecule has 1 atom stereocenters. The molecule has 0 unspecified atom stereocenters. The van der Waals surface area contributed by atoms with E-state index < -0.39 is 16.1 Å². The third-order valence-corrected chi connectivity index (χ3v) is 5.14. The van der Waals surface area contributed by atoms with Gasteiger partial charge in [0.15, 0.2) is 0 Å². The lowest BCUT2D eigenvalue weighted by Crippen LogP contribution is -2.26. The smallest absolute Gasteiger partial charge is 0.247 e. The van der Waals surface area contributed by atoms with Crippen LogP contribution in [0.4, 0.5) is 0 Å². The highest BCUT2D eigenvalue weighted by Gasteiger charge is 2.36. The van der Waals surface area contributed by atoms with Crippen LogP contribution in [0.5, 0.6) is 11.5 Å². The molecule has 0 saturated carbocycles. The Balaban J connectivity index is 2.08. The largest absolute Gasteiger partial charge is 0.496 e. The number of hydrazone groups is 1. The fraction of sp³-hybridized carbons (Fsp3) is 0.278. The SMILES string of the molecule is COc1ccccc1C1=NN(S(C)(=O)=O)[C@@H](c2ccccc2OC)C1. The van der Waals surface area contributed by atoms with Gasteiger partial charge in [0.2, 0.25) is 10.0 Å². The number of methoxy groups -OCH3 is 2. The third-order valence-electron chi connectivity index (χ3n) is 4.13. The van der Waals surface area contributed by atoms with E-state index in [-0.39, 0.29) is 0 Å². The number of sulfonamides is 1. The lowest BCUT2D eigenvalue weighted by atomic mass is 9.98. The Morgan fingerprint density at radius 2 is 1.60 bits per heavy atom. The second-order valence-corrected chi connectivity index (χ2v) is 7.58. The van der Waals surface area contributed by atoms with Crippen molar-refractivity contribution in [2.24, 2.45) is 5.10 Å². The molecular formula is C18H20N2O4S. The molecule has 2 aromatic carbocycles. The summed E-state index contributed by atoms with van der Waals surface area (Å²) in [6.45, 7) is 0. The van der Waals surface area contributed by atoms with Crippen LogP contribution >= 0.6 is 0 Å². The van der Waals surface area contributed by atoms with Crippen LogP contribution in [0.3, 0.4) is 0 Å². The number of benzene rings is 2. The molecular weight excluding hydrogens is 340 g/mol. The Bertz CT molecular complexity index is 909. The second-order valence-electron chi connectivity index (χ2n) is 5.74. The van der Waals surface area contributed by atoms with Gasteiger partial charge in [-0.25, -0.2) is 8.42 Å². The summed E-state index contributed by atoms with van der Waals surface area (Å²) in [6.07, 6.45) is 1.60. The fourth-order valence-corrected chi connectivity index (χ4v) is 3.91. The zero-order valence-electron chi connectivity index (χ0n) is 14.3. The Morgan fingerprint density at radius 3 is 2.24 bits per heavy atom. The lowest BCUT2D eigenvalue weighted by Gasteiger charge is -2.23. The molecule has 2 aromatic rings. The molecule has 132 valence electrons. The molecule has 0 bridgehead atoms. The first kappa shape index (κ1) is 17.3. The van der Waals surface area contributed by atoms with Gasteiger partial charge in [0.1, 0.15) is 11.5 Å². The Kier molecular flexibility index (Phi) is 4.67. The van der Waals surface area contributed by atoms with E-state index >= 15 is 0 Å². The fourth-order valence-electron chi connectivity index (χ4n) is 3.01. The van der Waals surface area contributed by atoms with Crippen LogP contribution in [0, 0.1) is 0 Å². The van der Waals surface area contributed by atoms with Gasteiger partial charge in [-0.1, -0.05) is 30.3 Å². The van der Waals surface area contributed by atoms with Gasteiger partial charge >= 0.3 is 0 Å². The van der Waals surface area contributed by atoms with E-state index in [1.54, 1.807) is 14.2 Å². The summed E-state index contributed by atoms with van der Waals surface area (Å²) >= 11 is 0. The van der Waals surface area contributed by atoms with Crippen LogP contribution in [-0.2, 0) is 10.0 Å². The molecule has 0 spiro atoms. The number of rotatable bonds is 5. The zero-order chi connectivity index (χ0) is 18.0. The van der Waals surface area contributed by atoms with E-state index in [9.17, 15) is 8.42 Å². The van der Waals surface area contributed by atoms with Crippen LogP contribution in [0.1, 0.15) is 23.6 Å². The van der Waals surface area contributed by atoms with Crippen LogP contribution in [-0.4, -0.2) is 39.0 Å². The molecule has 0 N–H and O–H groups in total. The maximum Gasteiger partial charge on any atom is 0.247 e. The van der Waals surface area contributed by atoms with E-state index in [4.69, 9.17) is 9.47 Å². The standard InChI is InChI=1S/C18H20N2O4S/c1-23-17-10-6-4-8-13(17)15-12-16(20(19-15)25(3,21)22)14-9-5-7-11-18(14)24-2/h4-11,16H,12H2,1-3H3/t16-/m1/s1. The Labute approximate surface area is 147 Å². The monoisotopic (exact) mass is 360 g/mol. The summed E-state index contributed by atoms with van der Waals surface area (Å²) < 4.78 is 36.5. The van der Waals surface area contributed by atoms with Crippen LogP contribution in [0.2, 0.25) is 0 Å². The highest BCUT2D eigenvalue weighted by molar-refractivity contribution is 7.88. The molecule has 7 heteroatoms. The number of para-hydroxylation sites is 2. The van der Waals surface area contributed by atoms with E-state index in [2.05, 4.69) is 5.10 Å². The Hall–Kier alpha value is -2.54. The van der Waals surface area contributed by atoms with Gasteiger partial charge in [0.05, 0.1) is 32.2 Å². The number of ether oxygens (including phenoxy) is 2. The quantitative estimate of drug-likeness (QED) is 0.822. The van der Waals surface area contributed by atoms with E-state index in [1.165, 1.54) is 0 Å². The number of nitrogens with zero attached hydrogens (tertiary/aromatic N) is 2. The summed E-state index contributed by atoms with van der Waals surface area (Å²) in [7, 11) is -0.382. The summed E-state index contributed by atoms with van der Waals surface area (Å²) in [5.74, 6) is 1.30. The summed E-state index contributed by atoms with van der Waals surface area (Å²) in [4.78, 5) is 0. The molecule has 1 heterocycles. The van der Waals surface area contributed by atoms with Crippen molar-refractivity contribution in [3.63, 3.8) is 0 Å². The maximum atomic E-state index is 12.3. The van der Waals surface area contributed by atoms with Crippen molar-refractivity contribution in [3.05, 3.63) is 59.7 Å². The summed E-state index contributed by atoms with van der Waals surface area (Å²) in [5, 5.41) is 4.40. The molecule has 0 aliphatic carbocycles. The molecule has 0 radical (unpaired) electrons. The molecule has 0 saturated heterocycles. The zero-order valence-corrected chi connectivity index (χ0v) is 15.2. The molecule has 0 fully saturated rings. The number of hydrogen-bond donors (Lipinski definition) is 0. The first-order chi connectivity index (χ1) is 12.0. The van der Waals surface area contributed by atoms with Gasteiger partial charge < -0.3 is 9.47 Å². The second kappa shape index (κ2) is 6.76. The van der Waals surface area contributed by atoms with Crippen LogP contribution in [0.15, 0.2) is 53.6 Å². The van der Waals surface area contributed by atoms with Crippen LogP contribution in [0.25, 0.3) is 0 Å². The summed E-state index contributed by atoms with van der Waals surface area (Å²) in [6, 6.07) is 14.4. The minimum atomic E-state index is -3.54. The first-order valence-electron chi connectivity index (χ1n) is 7.79.